The Bertz CT molecular complexity index is 839. The van der Waals surface area contributed by atoms with Crippen LogP contribution in [-0.4, -0.2) is 28.2 Å². The van der Waals surface area contributed by atoms with Crippen LogP contribution >= 0.6 is 11.3 Å². The van der Waals surface area contributed by atoms with Crippen LogP contribution in [0.25, 0.3) is 10.2 Å². The minimum absolute atomic E-state index is 0.0736. The number of nitriles is 1. The minimum atomic E-state index is 0.0736. The van der Waals surface area contributed by atoms with E-state index in [4.69, 9.17) is 10.4 Å². The van der Waals surface area contributed by atoms with Gasteiger partial charge in [0.15, 0.2) is 5.13 Å². The Morgan fingerprint density at radius 3 is 3.00 bits per heavy atom. The number of hydrogen-bond acceptors (Lipinski definition) is 7. The minimum Gasteiger partial charge on any atom is -0.395 e. The summed E-state index contributed by atoms with van der Waals surface area (Å²) >= 11 is 1.47. The van der Waals surface area contributed by atoms with Crippen molar-refractivity contribution in [3.05, 3.63) is 42.1 Å². The Morgan fingerprint density at radius 2 is 2.18 bits per heavy atom. The first-order valence-electron chi connectivity index (χ1n) is 6.67. The van der Waals surface area contributed by atoms with Crippen LogP contribution in [0, 0.1) is 11.3 Å². The molecule has 3 rings (SSSR count). The molecule has 0 fully saturated rings. The molecule has 0 atom stereocenters. The third-order valence-corrected chi connectivity index (χ3v) is 3.89. The first-order chi connectivity index (χ1) is 10.8. The van der Waals surface area contributed by atoms with E-state index in [1.54, 1.807) is 12.3 Å². The molecule has 0 spiro atoms. The lowest BCUT2D eigenvalue weighted by Crippen LogP contribution is -2.05. The zero-order valence-corrected chi connectivity index (χ0v) is 12.4. The summed E-state index contributed by atoms with van der Waals surface area (Å²) in [5.74, 6) is 0.669. The molecule has 0 amide bonds. The van der Waals surface area contributed by atoms with Gasteiger partial charge in [-0.2, -0.15) is 5.26 Å². The summed E-state index contributed by atoms with van der Waals surface area (Å²) in [5, 5.41) is 24.7. The monoisotopic (exact) mass is 311 g/mol. The number of aliphatic hydroxyl groups excluding tert-OH is 1. The maximum atomic E-state index is 8.92. The van der Waals surface area contributed by atoms with Gasteiger partial charge >= 0.3 is 0 Å². The number of nitrogens with zero attached hydrogens (tertiary/aromatic N) is 3. The molecule has 2 heterocycles. The van der Waals surface area contributed by atoms with E-state index >= 15 is 0 Å². The first kappa shape index (κ1) is 14.3. The van der Waals surface area contributed by atoms with Crippen LogP contribution < -0.4 is 10.6 Å². The summed E-state index contributed by atoms with van der Waals surface area (Å²) in [5.41, 5.74) is 2.34. The molecule has 0 aliphatic rings. The molecule has 0 radical (unpaired) electrons. The predicted molar refractivity (Wildman–Crippen MR) is 87.4 cm³/mol. The van der Waals surface area contributed by atoms with Crippen molar-refractivity contribution in [2.24, 2.45) is 0 Å². The fourth-order valence-electron chi connectivity index (χ4n) is 1.97. The summed E-state index contributed by atoms with van der Waals surface area (Å²) in [4.78, 5) is 8.72. The van der Waals surface area contributed by atoms with Crippen molar-refractivity contribution >= 4 is 38.2 Å². The van der Waals surface area contributed by atoms with E-state index < -0.39 is 0 Å². The van der Waals surface area contributed by atoms with Crippen LogP contribution in [0.1, 0.15) is 5.56 Å². The molecule has 0 aliphatic carbocycles. The van der Waals surface area contributed by atoms with Crippen LogP contribution in [0.3, 0.4) is 0 Å². The molecule has 1 aromatic carbocycles. The number of anilines is 3. The van der Waals surface area contributed by atoms with Crippen LogP contribution in [0.2, 0.25) is 0 Å². The molecule has 22 heavy (non-hydrogen) atoms. The zero-order valence-electron chi connectivity index (χ0n) is 11.6. The second-order valence-electron chi connectivity index (χ2n) is 4.52. The number of nitrogens with one attached hydrogen (secondary N) is 2. The Kier molecular flexibility index (Phi) is 4.14. The van der Waals surface area contributed by atoms with Gasteiger partial charge in [-0.1, -0.05) is 11.3 Å². The lowest BCUT2D eigenvalue weighted by atomic mass is 10.2. The van der Waals surface area contributed by atoms with Gasteiger partial charge in [0.05, 0.1) is 28.5 Å². The molecule has 110 valence electrons. The lowest BCUT2D eigenvalue weighted by Gasteiger charge is -2.06. The van der Waals surface area contributed by atoms with Crippen molar-refractivity contribution in [1.82, 2.24) is 9.97 Å². The van der Waals surface area contributed by atoms with E-state index in [2.05, 4.69) is 26.7 Å². The highest BCUT2D eigenvalue weighted by Gasteiger charge is 2.06. The van der Waals surface area contributed by atoms with Gasteiger partial charge in [-0.3, -0.25) is 0 Å². The van der Waals surface area contributed by atoms with Gasteiger partial charge in [0, 0.05) is 24.5 Å². The fourth-order valence-corrected chi connectivity index (χ4v) is 2.88. The van der Waals surface area contributed by atoms with Crippen molar-refractivity contribution < 1.29 is 5.11 Å². The van der Waals surface area contributed by atoms with Crippen molar-refractivity contribution in [1.29, 1.82) is 5.26 Å². The second-order valence-corrected chi connectivity index (χ2v) is 5.55. The summed E-state index contributed by atoms with van der Waals surface area (Å²) in [6.45, 7) is 0.561. The number of aromatic nitrogens is 2. The molecule has 2 aromatic heterocycles. The van der Waals surface area contributed by atoms with Gasteiger partial charge in [-0.25, -0.2) is 9.97 Å². The van der Waals surface area contributed by atoms with Crippen molar-refractivity contribution in [2.75, 3.05) is 23.8 Å². The molecular weight excluding hydrogens is 298 g/mol. The Balaban J connectivity index is 1.82. The predicted octanol–water partition coefficient (Wildman–Crippen LogP) is 2.71. The molecule has 0 unspecified atom stereocenters. The Hall–Kier alpha value is -2.69. The average molecular weight is 311 g/mol. The maximum Gasteiger partial charge on any atom is 0.189 e. The number of hydrogen-bond donors (Lipinski definition) is 3. The molecule has 0 bridgehead atoms. The van der Waals surface area contributed by atoms with E-state index in [9.17, 15) is 0 Å². The van der Waals surface area contributed by atoms with Gasteiger partial charge in [-0.15, -0.1) is 0 Å². The smallest absolute Gasteiger partial charge is 0.189 e. The number of aliphatic hydroxyl groups is 1. The first-order valence-corrected chi connectivity index (χ1v) is 7.48. The van der Waals surface area contributed by atoms with Crippen LogP contribution in [0.4, 0.5) is 16.6 Å². The van der Waals surface area contributed by atoms with Crippen molar-refractivity contribution in [3.63, 3.8) is 0 Å². The van der Waals surface area contributed by atoms with Crippen LogP contribution in [-0.2, 0) is 0 Å². The molecule has 7 heteroatoms. The van der Waals surface area contributed by atoms with Crippen LogP contribution in [0.15, 0.2) is 36.5 Å². The zero-order chi connectivity index (χ0) is 15.4. The maximum absolute atomic E-state index is 8.92. The van der Waals surface area contributed by atoms with Gasteiger partial charge in [0.25, 0.3) is 0 Å². The molecule has 0 saturated heterocycles. The molecule has 6 nitrogen and oxygen atoms in total. The van der Waals surface area contributed by atoms with E-state index in [1.807, 2.05) is 24.3 Å². The van der Waals surface area contributed by atoms with Crippen molar-refractivity contribution in [3.8, 4) is 6.07 Å². The van der Waals surface area contributed by atoms with Gasteiger partial charge in [0.1, 0.15) is 5.82 Å². The quantitative estimate of drug-likeness (QED) is 0.671. The number of fused-ring (bicyclic) bond motifs is 1. The standard InChI is InChI=1S/C15H13N5OS/c16-9-10-1-2-12-13(7-10)22-15(19-12)20-14-8-11(3-4-18-14)17-5-6-21/h1-4,7-8,21H,5-6H2,(H2,17,18,19,20). The van der Waals surface area contributed by atoms with E-state index in [1.165, 1.54) is 11.3 Å². The normalized spacial score (nSPS) is 10.4. The molecule has 0 aliphatic heterocycles. The number of thiazole rings is 1. The lowest BCUT2D eigenvalue weighted by molar-refractivity contribution is 0.311. The van der Waals surface area contributed by atoms with Crippen LogP contribution in [0.5, 0.6) is 0 Å². The summed E-state index contributed by atoms with van der Waals surface area (Å²) in [6, 6.07) is 11.2. The van der Waals surface area contributed by atoms with Gasteiger partial charge in [0.2, 0.25) is 0 Å². The summed E-state index contributed by atoms with van der Waals surface area (Å²) in [6.07, 6.45) is 1.68. The second kappa shape index (κ2) is 6.39. The highest BCUT2D eigenvalue weighted by atomic mass is 32.1. The number of pyridine rings is 1. The van der Waals surface area contributed by atoms with Gasteiger partial charge in [-0.05, 0) is 24.3 Å². The number of rotatable bonds is 5. The molecule has 3 N–H and O–H groups in total. The Labute approximate surface area is 131 Å². The van der Waals surface area contributed by atoms with Crippen molar-refractivity contribution in [2.45, 2.75) is 0 Å². The SMILES string of the molecule is N#Cc1ccc2nc(Nc3cc(NCCO)ccn3)sc2c1. The highest BCUT2D eigenvalue weighted by molar-refractivity contribution is 7.22. The summed E-state index contributed by atoms with van der Waals surface area (Å²) < 4.78 is 0.955. The van der Waals surface area contributed by atoms with E-state index in [0.717, 1.165) is 21.0 Å². The topological polar surface area (TPSA) is 93.9 Å². The average Bonchev–Trinajstić information content (AvgIpc) is 2.94. The van der Waals surface area contributed by atoms with E-state index in [-0.39, 0.29) is 6.61 Å². The van der Waals surface area contributed by atoms with E-state index in [0.29, 0.717) is 17.9 Å². The van der Waals surface area contributed by atoms with Gasteiger partial charge < -0.3 is 15.7 Å². The molecule has 0 saturated carbocycles. The fraction of sp³-hybridized carbons (Fsp3) is 0.133. The largest absolute Gasteiger partial charge is 0.395 e. The highest BCUT2D eigenvalue weighted by Crippen LogP contribution is 2.28. The Morgan fingerprint density at radius 1 is 1.27 bits per heavy atom. The third kappa shape index (κ3) is 3.14. The summed E-state index contributed by atoms with van der Waals surface area (Å²) in [7, 11) is 0. The third-order valence-electron chi connectivity index (χ3n) is 2.95. The number of benzene rings is 1. The molecule has 3 aromatic rings. The molecular formula is C15H13N5OS.